The van der Waals surface area contributed by atoms with E-state index in [9.17, 15) is 0 Å². The predicted molar refractivity (Wildman–Crippen MR) is 65.7 cm³/mol. The van der Waals surface area contributed by atoms with Gasteiger partial charge in [0.25, 0.3) is 0 Å². The van der Waals surface area contributed by atoms with E-state index in [1.54, 1.807) is 14.2 Å². The second-order valence-electron chi connectivity index (χ2n) is 4.13. The standard InChI is InChI=1S/C11H23N5O/c1-5-7-10(17-4)9(12-6-2)8-11-13-15-16(3)14-11/h9-10,12H,5-8H2,1-4H3. The van der Waals surface area contributed by atoms with Gasteiger partial charge < -0.3 is 10.1 Å². The number of hydrogen-bond acceptors (Lipinski definition) is 5. The fourth-order valence-corrected chi connectivity index (χ4v) is 1.97. The van der Waals surface area contributed by atoms with Crippen molar-refractivity contribution in [1.82, 2.24) is 25.5 Å². The average molecular weight is 241 g/mol. The van der Waals surface area contributed by atoms with E-state index in [-0.39, 0.29) is 12.1 Å². The summed E-state index contributed by atoms with van der Waals surface area (Å²) in [5.41, 5.74) is 0. The minimum atomic E-state index is 0.198. The molecule has 0 spiro atoms. The molecule has 1 aromatic heterocycles. The first-order valence-electron chi connectivity index (χ1n) is 6.20. The van der Waals surface area contributed by atoms with Crippen LogP contribution in [0, 0.1) is 0 Å². The van der Waals surface area contributed by atoms with Crippen LogP contribution in [-0.2, 0) is 18.2 Å². The molecule has 1 N–H and O–H groups in total. The summed E-state index contributed by atoms with van der Waals surface area (Å²) in [4.78, 5) is 1.49. The lowest BCUT2D eigenvalue weighted by Crippen LogP contribution is -2.42. The van der Waals surface area contributed by atoms with Crippen molar-refractivity contribution in [3.05, 3.63) is 5.82 Å². The number of aryl methyl sites for hydroxylation is 1. The fourth-order valence-electron chi connectivity index (χ4n) is 1.97. The molecule has 0 saturated carbocycles. The van der Waals surface area contributed by atoms with E-state index in [1.165, 1.54) is 4.80 Å². The van der Waals surface area contributed by atoms with Crippen LogP contribution in [0.15, 0.2) is 0 Å². The van der Waals surface area contributed by atoms with Gasteiger partial charge in [0.05, 0.1) is 13.2 Å². The van der Waals surface area contributed by atoms with Gasteiger partial charge in [-0.1, -0.05) is 20.3 Å². The third-order valence-electron chi connectivity index (χ3n) is 2.74. The van der Waals surface area contributed by atoms with Gasteiger partial charge in [-0.2, -0.15) is 4.80 Å². The van der Waals surface area contributed by atoms with Gasteiger partial charge in [0.15, 0.2) is 5.82 Å². The minimum Gasteiger partial charge on any atom is -0.380 e. The number of tetrazole rings is 1. The van der Waals surface area contributed by atoms with Crippen molar-refractivity contribution in [3.8, 4) is 0 Å². The lowest BCUT2D eigenvalue weighted by Gasteiger charge is -2.25. The molecule has 6 heteroatoms. The molecule has 6 nitrogen and oxygen atoms in total. The Labute approximate surface area is 103 Å². The fraction of sp³-hybridized carbons (Fsp3) is 0.909. The zero-order valence-electron chi connectivity index (χ0n) is 11.2. The Morgan fingerprint density at radius 3 is 2.65 bits per heavy atom. The van der Waals surface area contributed by atoms with Crippen molar-refractivity contribution in [3.63, 3.8) is 0 Å². The first-order chi connectivity index (χ1) is 8.21. The summed E-state index contributed by atoms with van der Waals surface area (Å²) in [7, 11) is 3.54. The van der Waals surface area contributed by atoms with Gasteiger partial charge in [-0.3, -0.25) is 0 Å². The summed E-state index contributed by atoms with van der Waals surface area (Å²) in [6.45, 7) is 5.17. The number of nitrogens with zero attached hydrogens (tertiary/aromatic N) is 4. The molecule has 98 valence electrons. The Hall–Kier alpha value is -1.01. The van der Waals surface area contributed by atoms with E-state index in [4.69, 9.17) is 4.74 Å². The van der Waals surface area contributed by atoms with Gasteiger partial charge in [-0.15, -0.1) is 10.2 Å². The Morgan fingerprint density at radius 2 is 2.18 bits per heavy atom. The first-order valence-corrected chi connectivity index (χ1v) is 6.20. The topological polar surface area (TPSA) is 64.9 Å². The van der Waals surface area contributed by atoms with Crippen molar-refractivity contribution in [2.45, 2.75) is 45.3 Å². The van der Waals surface area contributed by atoms with E-state index in [0.717, 1.165) is 31.6 Å². The van der Waals surface area contributed by atoms with E-state index in [2.05, 4.69) is 34.6 Å². The maximum absolute atomic E-state index is 5.54. The molecule has 1 heterocycles. The van der Waals surface area contributed by atoms with Crippen LogP contribution in [0.25, 0.3) is 0 Å². The molecule has 0 radical (unpaired) electrons. The second-order valence-corrected chi connectivity index (χ2v) is 4.13. The molecule has 0 saturated heterocycles. The largest absolute Gasteiger partial charge is 0.380 e. The summed E-state index contributed by atoms with van der Waals surface area (Å²) in [5, 5.41) is 15.5. The molecule has 1 aromatic rings. The summed E-state index contributed by atoms with van der Waals surface area (Å²) < 4.78 is 5.54. The van der Waals surface area contributed by atoms with Gasteiger partial charge in [-0.05, 0) is 18.2 Å². The SMILES string of the molecule is CCCC(OC)C(Cc1nnn(C)n1)NCC. The van der Waals surface area contributed by atoms with Gasteiger partial charge in [0.2, 0.25) is 0 Å². The summed E-state index contributed by atoms with van der Waals surface area (Å²) in [6.07, 6.45) is 3.09. The molecular weight excluding hydrogens is 218 g/mol. The van der Waals surface area contributed by atoms with E-state index in [1.807, 2.05) is 0 Å². The third-order valence-corrected chi connectivity index (χ3v) is 2.74. The molecule has 0 aliphatic heterocycles. The molecular formula is C11H23N5O. The molecule has 0 aliphatic rings. The van der Waals surface area contributed by atoms with Gasteiger partial charge in [0.1, 0.15) is 0 Å². The van der Waals surface area contributed by atoms with Gasteiger partial charge in [-0.25, -0.2) is 0 Å². The minimum absolute atomic E-state index is 0.198. The van der Waals surface area contributed by atoms with Gasteiger partial charge in [0, 0.05) is 19.6 Å². The monoisotopic (exact) mass is 241 g/mol. The normalized spacial score (nSPS) is 14.8. The smallest absolute Gasteiger partial charge is 0.176 e. The highest BCUT2D eigenvalue weighted by Crippen LogP contribution is 2.10. The number of rotatable bonds is 8. The Morgan fingerprint density at radius 1 is 1.41 bits per heavy atom. The van der Waals surface area contributed by atoms with Crippen molar-refractivity contribution in [2.75, 3.05) is 13.7 Å². The zero-order chi connectivity index (χ0) is 12.7. The quantitative estimate of drug-likeness (QED) is 0.720. The highest BCUT2D eigenvalue weighted by atomic mass is 16.5. The number of nitrogens with one attached hydrogen (secondary N) is 1. The zero-order valence-corrected chi connectivity index (χ0v) is 11.2. The van der Waals surface area contributed by atoms with Crippen molar-refractivity contribution >= 4 is 0 Å². The van der Waals surface area contributed by atoms with E-state index < -0.39 is 0 Å². The maximum Gasteiger partial charge on any atom is 0.176 e. The molecule has 1 rings (SSSR count). The number of likely N-dealkylation sites (N-methyl/N-ethyl adjacent to an activating group) is 1. The number of aromatic nitrogens is 4. The van der Waals surface area contributed by atoms with Crippen LogP contribution in [0.3, 0.4) is 0 Å². The molecule has 0 aliphatic carbocycles. The molecule has 0 aromatic carbocycles. The van der Waals surface area contributed by atoms with Crippen LogP contribution in [-0.4, -0.2) is 46.0 Å². The molecule has 2 unspecified atom stereocenters. The van der Waals surface area contributed by atoms with Crippen LogP contribution in [0.2, 0.25) is 0 Å². The molecule has 2 atom stereocenters. The molecule has 0 amide bonds. The van der Waals surface area contributed by atoms with Gasteiger partial charge >= 0.3 is 0 Å². The molecule has 17 heavy (non-hydrogen) atoms. The van der Waals surface area contributed by atoms with Crippen molar-refractivity contribution in [1.29, 1.82) is 0 Å². The lowest BCUT2D eigenvalue weighted by atomic mass is 10.0. The summed E-state index contributed by atoms with van der Waals surface area (Å²) in [5.74, 6) is 0.761. The van der Waals surface area contributed by atoms with Crippen LogP contribution in [0.5, 0.6) is 0 Å². The second kappa shape index (κ2) is 7.34. The Kier molecular flexibility index (Phi) is 6.07. The average Bonchev–Trinajstić information content (AvgIpc) is 2.71. The Bertz CT molecular complexity index is 315. The number of ether oxygens (including phenoxy) is 1. The van der Waals surface area contributed by atoms with Crippen LogP contribution < -0.4 is 5.32 Å². The summed E-state index contributed by atoms with van der Waals surface area (Å²) >= 11 is 0. The maximum atomic E-state index is 5.54. The van der Waals surface area contributed by atoms with Crippen molar-refractivity contribution in [2.24, 2.45) is 7.05 Å². The van der Waals surface area contributed by atoms with E-state index >= 15 is 0 Å². The van der Waals surface area contributed by atoms with E-state index in [0.29, 0.717) is 0 Å². The predicted octanol–water partition coefficient (Wildman–Crippen LogP) is 0.546. The number of methoxy groups -OCH3 is 1. The summed E-state index contributed by atoms with van der Waals surface area (Å²) in [6, 6.07) is 0.245. The molecule has 0 fully saturated rings. The molecule has 0 bridgehead atoms. The van der Waals surface area contributed by atoms with Crippen LogP contribution in [0.4, 0.5) is 0 Å². The van der Waals surface area contributed by atoms with Crippen molar-refractivity contribution < 1.29 is 4.74 Å². The highest BCUT2D eigenvalue weighted by molar-refractivity contribution is 4.88. The van der Waals surface area contributed by atoms with Crippen LogP contribution >= 0.6 is 0 Å². The first kappa shape index (κ1) is 14.1. The number of hydrogen-bond donors (Lipinski definition) is 1. The van der Waals surface area contributed by atoms with Crippen LogP contribution in [0.1, 0.15) is 32.5 Å². The Balaban J connectivity index is 2.63. The highest BCUT2D eigenvalue weighted by Gasteiger charge is 2.21. The lowest BCUT2D eigenvalue weighted by molar-refractivity contribution is 0.0608. The third kappa shape index (κ3) is 4.40.